The van der Waals surface area contributed by atoms with Gasteiger partial charge in [0.25, 0.3) is 0 Å². The van der Waals surface area contributed by atoms with Crippen LogP contribution >= 0.6 is 0 Å². The summed E-state index contributed by atoms with van der Waals surface area (Å²) < 4.78 is 10.3. The Morgan fingerprint density at radius 3 is 2.72 bits per heavy atom. The highest BCUT2D eigenvalue weighted by Crippen LogP contribution is 2.16. The molecule has 4 nitrogen and oxygen atoms in total. The van der Waals surface area contributed by atoms with E-state index in [1.165, 1.54) is 0 Å². The monoisotopic (exact) mass is 251 g/mol. The van der Waals surface area contributed by atoms with Gasteiger partial charge in [0.05, 0.1) is 12.2 Å². The van der Waals surface area contributed by atoms with Crippen LogP contribution in [0.3, 0.4) is 0 Å². The Labute approximate surface area is 108 Å². The molecule has 0 aliphatic carbocycles. The lowest BCUT2D eigenvalue weighted by atomic mass is 10.2. The molecule has 0 saturated carbocycles. The molecule has 1 aromatic carbocycles. The van der Waals surface area contributed by atoms with E-state index in [0.717, 1.165) is 5.39 Å². The van der Waals surface area contributed by atoms with Crippen molar-refractivity contribution in [3.05, 3.63) is 40.2 Å². The van der Waals surface area contributed by atoms with Crippen LogP contribution in [0, 0.1) is 0 Å². The highest BCUT2D eigenvalue weighted by molar-refractivity contribution is 5.80. The third kappa shape index (κ3) is 3.34. The van der Waals surface area contributed by atoms with Crippen LogP contribution in [0.15, 0.2) is 33.5 Å². The lowest BCUT2D eigenvalue weighted by Gasteiger charge is -2.02. The lowest BCUT2D eigenvalue weighted by Crippen LogP contribution is -2.08. The molecule has 1 heterocycles. The molecular formula is C14H21NO3. The summed E-state index contributed by atoms with van der Waals surface area (Å²) in [4.78, 5) is 11.6. The summed E-state index contributed by atoms with van der Waals surface area (Å²) in [6, 6.07) is 7.01. The van der Waals surface area contributed by atoms with Crippen LogP contribution in [0.4, 0.5) is 5.69 Å². The van der Waals surface area contributed by atoms with Gasteiger partial charge in [-0.15, -0.1) is 0 Å². The second-order valence-corrected chi connectivity index (χ2v) is 3.49. The van der Waals surface area contributed by atoms with Gasteiger partial charge in [-0.05, 0) is 25.1 Å². The van der Waals surface area contributed by atoms with Crippen molar-refractivity contribution in [2.75, 3.05) is 12.3 Å². The topological polar surface area (TPSA) is 65.5 Å². The molecule has 4 heteroatoms. The molecule has 0 saturated heterocycles. The molecule has 0 fully saturated rings. The second-order valence-electron chi connectivity index (χ2n) is 3.49. The number of ether oxygens (including phenoxy) is 1. The van der Waals surface area contributed by atoms with Crippen LogP contribution in [0.5, 0.6) is 0 Å². The van der Waals surface area contributed by atoms with Crippen molar-refractivity contribution in [3.8, 4) is 0 Å². The zero-order valence-corrected chi connectivity index (χ0v) is 11.0. The molecule has 2 rings (SSSR count). The van der Waals surface area contributed by atoms with Crippen molar-refractivity contribution >= 4 is 16.7 Å². The maximum Gasteiger partial charge on any atom is 0.341 e. The minimum absolute atomic E-state index is 0. The van der Waals surface area contributed by atoms with Crippen LogP contribution in [-0.4, -0.2) is 6.61 Å². The van der Waals surface area contributed by atoms with Gasteiger partial charge in [0.15, 0.2) is 0 Å². The molecule has 2 aromatic rings. The Bertz CT molecular complexity index is 566. The number of rotatable bonds is 3. The molecule has 0 aliphatic heterocycles. The fourth-order valence-electron chi connectivity index (χ4n) is 1.48. The van der Waals surface area contributed by atoms with Crippen molar-refractivity contribution in [1.29, 1.82) is 0 Å². The van der Waals surface area contributed by atoms with E-state index in [2.05, 4.69) is 0 Å². The zero-order chi connectivity index (χ0) is 13.5. The fraction of sp³-hybridized carbons (Fsp3) is 0.357. The first-order chi connectivity index (χ1) is 8.70. The predicted octanol–water partition coefficient (Wildman–Crippen LogP) is 3.18. The Hall–Kier alpha value is -1.81. The van der Waals surface area contributed by atoms with Crippen molar-refractivity contribution in [2.24, 2.45) is 0 Å². The molecule has 100 valence electrons. The zero-order valence-electron chi connectivity index (χ0n) is 11.0. The van der Waals surface area contributed by atoms with Gasteiger partial charge in [0.2, 0.25) is 0 Å². The maximum atomic E-state index is 11.6. The largest absolute Gasteiger partial charge is 0.422 e. The SMILES string of the molecule is CC.CCOCc1cc2ccc(N)cc2oc1=O.[HH]. The standard InChI is InChI=1S/C12H13NO3.C2H6.H2/c1-2-15-7-9-5-8-3-4-10(13)6-11(8)16-12(9)14;1-2;/h3-6H,2,7,13H2,1H3;1-2H3;1H. The molecular weight excluding hydrogens is 230 g/mol. The minimum atomic E-state index is -0.369. The van der Waals surface area contributed by atoms with Gasteiger partial charge in [-0.3, -0.25) is 0 Å². The number of fused-ring (bicyclic) bond motifs is 1. The summed E-state index contributed by atoms with van der Waals surface area (Å²) in [6.45, 7) is 6.72. The number of nitrogen functional groups attached to an aromatic ring is 1. The van der Waals surface area contributed by atoms with Crippen LogP contribution < -0.4 is 11.4 Å². The summed E-state index contributed by atoms with van der Waals surface area (Å²) in [7, 11) is 0. The van der Waals surface area contributed by atoms with Gasteiger partial charge in [-0.1, -0.05) is 13.8 Å². The highest BCUT2D eigenvalue weighted by atomic mass is 16.5. The van der Waals surface area contributed by atoms with Gasteiger partial charge in [-0.25, -0.2) is 4.79 Å². The van der Waals surface area contributed by atoms with Crippen molar-refractivity contribution < 1.29 is 10.6 Å². The average molecular weight is 251 g/mol. The first-order valence-corrected chi connectivity index (χ1v) is 6.10. The molecule has 0 unspecified atom stereocenters. The van der Waals surface area contributed by atoms with Gasteiger partial charge in [-0.2, -0.15) is 0 Å². The summed E-state index contributed by atoms with van der Waals surface area (Å²) in [6.07, 6.45) is 0. The predicted molar refractivity (Wildman–Crippen MR) is 75.7 cm³/mol. The minimum Gasteiger partial charge on any atom is -0.422 e. The van der Waals surface area contributed by atoms with Crippen molar-refractivity contribution in [1.82, 2.24) is 0 Å². The average Bonchev–Trinajstić information content (AvgIpc) is 2.39. The molecule has 0 amide bonds. The van der Waals surface area contributed by atoms with Gasteiger partial charge in [0, 0.05) is 25.2 Å². The molecule has 2 N–H and O–H groups in total. The Balaban J connectivity index is 0.00000103. The molecule has 0 bridgehead atoms. The Morgan fingerprint density at radius 2 is 2.06 bits per heavy atom. The molecule has 0 atom stereocenters. The molecule has 0 aliphatic rings. The smallest absolute Gasteiger partial charge is 0.341 e. The van der Waals surface area contributed by atoms with Gasteiger partial charge >= 0.3 is 5.63 Å². The summed E-state index contributed by atoms with van der Waals surface area (Å²) >= 11 is 0. The van der Waals surface area contributed by atoms with E-state index in [-0.39, 0.29) is 13.7 Å². The molecule has 1 aromatic heterocycles. The van der Waals surface area contributed by atoms with Crippen LogP contribution in [0.1, 0.15) is 27.8 Å². The number of benzene rings is 1. The fourth-order valence-corrected chi connectivity index (χ4v) is 1.48. The van der Waals surface area contributed by atoms with E-state index in [4.69, 9.17) is 14.9 Å². The van der Waals surface area contributed by atoms with E-state index in [9.17, 15) is 4.79 Å². The third-order valence-electron chi connectivity index (χ3n) is 2.29. The summed E-state index contributed by atoms with van der Waals surface area (Å²) in [5, 5.41) is 0.850. The van der Waals surface area contributed by atoms with Crippen LogP contribution in [-0.2, 0) is 11.3 Å². The quantitative estimate of drug-likeness (QED) is 0.672. The van der Waals surface area contributed by atoms with E-state index >= 15 is 0 Å². The van der Waals surface area contributed by atoms with E-state index in [0.29, 0.717) is 23.4 Å². The van der Waals surface area contributed by atoms with E-state index in [1.807, 2.05) is 26.8 Å². The third-order valence-corrected chi connectivity index (χ3v) is 2.29. The van der Waals surface area contributed by atoms with Gasteiger partial charge in [0.1, 0.15) is 5.58 Å². The second kappa shape index (κ2) is 6.81. The maximum absolute atomic E-state index is 11.6. The number of hydrogen-bond acceptors (Lipinski definition) is 4. The molecule has 18 heavy (non-hydrogen) atoms. The molecule has 0 spiro atoms. The molecule has 0 radical (unpaired) electrons. The Morgan fingerprint density at radius 1 is 1.33 bits per heavy atom. The lowest BCUT2D eigenvalue weighted by molar-refractivity contribution is 0.132. The van der Waals surface area contributed by atoms with E-state index < -0.39 is 0 Å². The van der Waals surface area contributed by atoms with Crippen molar-refractivity contribution in [2.45, 2.75) is 27.4 Å². The summed E-state index contributed by atoms with van der Waals surface area (Å²) in [5.74, 6) is 0. The highest BCUT2D eigenvalue weighted by Gasteiger charge is 2.05. The summed E-state index contributed by atoms with van der Waals surface area (Å²) in [5.41, 5.74) is 6.85. The van der Waals surface area contributed by atoms with Gasteiger partial charge < -0.3 is 14.9 Å². The number of hydrogen-bond donors (Lipinski definition) is 1. The number of nitrogens with two attached hydrogens (primary N) is 1. The first-order valence-electron chi connectivity index (χ1n) is 6.10. The van der Waals surface area contributed by atoms with Crippen LogP contribution in [0.25, 0.3) is 11.0 Å². The number of anilines is 1. The van der Waals surface area contributed by atoms with E-state index in [1.54, 1.807) is 18.2 Å². The Kier molecular flexibility index (Phi) is 5.39. The normalized spacial score (nSPS) is 9.94. The first kappa shape index (κ1) is 14.3. The van der Waals surface area contributed by atoms with Crippen LogP contribution in [0.2, 0.25) is 0 Å². The van der Waals surface area contributed by atoms with Crippen molar-refractivity contribution in [3.63, 3.8) is 0 Å².